The highest BCUT2D eigenvalue weighted by molar-refractivity contribution is 9.13. The second-order valence-corrected chi connectivity index (χ2v) is 14.8. The first-order valence-corrected chi connectivity index (χ1v) is 17.2. The van der Waals surface area contributed by atoms with E-state index in [9.17, 15) is 38.6 Å². The summed E-state index contributed by atoms with van der Waals surface area (Å²) in [5.74, 6) is -8.40. The van der Waals surface area contributed by atoms with Crippen LogP contribution in [0.3, 0.4) is 0 Å². The Morgan fingerprint density at radius 1 is 0.980 bits per heavy atom. The van der Waals surface area contributed by atoms with E-state index in [0.29, 0.717) is 15.6 Å². The number of carboxylic acids is 1. The lowest BCUT2D eigenvalue weighted by atomic mass is 9.51. The summed E-state index contributed by atoms with van der Waals surface area (Å²) in [6, 6.07) is 10.7. The molecule has 7 rings (SSSR count). The van der Waals surface area contributed by atoms with Crippen molar-refractivity contribution in [3.8, 4) is 11.5 Å². The molecule has 3 aromatic rings. The van der Waals surface area contributed by atoms with Crippen LogP contribution in [0.4, 0.5) is 15.8 Å². The predicted molar refractivity (Wildman–Crippen MR) is 182 cm³/mol. The van der Waals surface area contributed by atoms with Crippen molar-refractivity contribution in [2.45, 2.75) is 25.7 Å². The predicted octanol–water partition coefficient (Wildman–Crippen LogP) is 6.85. The van der Waals surface area contributed by atoms with Crippen LogP contribution in [0.5, 0.6) is 11.5 Å². The summed E-state index contributed by atoms with van der Waals surface area (Å²) in [5.41, 5.74) is -0.157. The number of carbonyl (C=O) groups excluding carboxylic acids is 4. The summed E-state index contributed by atoms with van der Waals surface area (Å²) >= 11 is 13.1. The Morgan fingerprint density at radius 2 is 1.69 bits per heavy atom. The molecule has 2 N–H and O–H groups in total. The molecule has 1 saturated carbocycles. The molecule has 252 valence electrons. The Hall–Kier alpha value is -4.07. The Morgan fingerprint density at radius 3 is 2.37 bits per heavy atom. The van der Waals surface area contributed by atoms with Crippen LogP contribution < -0.4 is 14.5 Å². The normalized spacial score (nSPS) is 27.6. The Kier molecular flexibility index (Phi) is 8.03. The van der Waals surface area contributed by atoms with Gasteiger partial charge in [-0.25, -0.2) is 14.1 Å². The average Bonchev–Trinajstić information content (AvgIpc) is 3.45. The number of ether oxygens (including phenoxy) is 1. The van der Waals surface area contributed by atoms with Crippen molar-refractivity contribution in [1.82, 2.24) is 0 Å². The highest BCUT2D eigenvalue weighted by Gasteiger charge is 2.68. The number of hydrogen-bond acceptors (Lipinski definition) is 7. The fourth-order valence-corrected chi connectivity index (χ4v) is 9.37. The number of imide groups is 2. The number of rotatable bonds is 5. The van der Waals surface area contributed by atoms with E-state index in [0.717, 1.165) is 15.9 Å². The number of allylic oxidation sites excluding steroid dienone is 2. The number of phenols is 1. The lowest BCUT2D eigenvalue weighted by Crippen LogP contribution is -2.49. The number of hydrogen-bond donors (Lipinski definition) is 2. The molecule has 2 saturated heterocycles. The van der Waals surface area contributed by atoms with Gasteiger partial charge < -0.3 is 14.9 Å². The molecule has 0 bridgehead atoms. The van der Waals surface area contributed by atoms with Gasteiger partial charge in [-0.05, 0) is 106 Å². The summed E-state index contributed by atoms with van der Waals surface area (Å²) in [6.07, 6.45) is 2.06. The maximum absolute atomic E-state index is 14.7. The minimum atomic E-state index is -1.45. The van der Waals surface area contributed by atoms with Gasteiger partial charge in [0.1, 0.15) is 5.82 Å². The van der Waals surface area contributed by atoms with Gasteiger partial charge in [0.25, 0.3) is 0 Å². The zero-order valence-corrected chi connectivity index (χ0v) is 29.7. The molecule has 3 fully saturated rings. The number of halogens is 4. The summed E-state index contributed by atoms with van der Waals surface area (Å²) in [6.45, 7) is 1.68. The minimum absolute atomic E-state index is 0.0477. The third kappa shape index (κ3) is 4.72. The maximum Gasteiger partial charge on any atom is 0.335 e. The van der Waals surface area contributed by atoms with Crippen LogP contribution in [0.25, 0.3) is 0 Å². The van der Waals surface area contributed by atoms with E-state index >= 15 is 0 Å². The van der Waals surface area contributed by atoms with Gasteiger partial charge in [-0.2, -0.15) is 0 Å². The van der Waals surface area contributed by atoms with E-state index in [4.69, 9.17) is 16.3 Å². The van der Waals surface area contributed by atoms with E-state index < -0.39 is 70.4 Å². The molecule has 2 heterocycles. The van der Waals surface area contributed by atoms with E-state index in [1.807, 2.05) is 6.08 Å². The third-order valence-corrected chi connectivity index (χ3v) is 12.9. The SMILES string of the molecule is COc1cc([C@H]2C3=CC[C@@H]4C(=O)N(c5cccc(C(=O)O)c5)C(=O)[C@@H]4[C@@H]3C[C@H]3C(=O)N(c4ccc(F)c(Cl)c4)C(=O)[C@@]23C)c(Br)c(Br)c1O. The Balaban J connectivity index is 1.40. The molecule has 2 aliphatic heterocycles. The Labute approximate surface area is 300 Å². The van der Waals surface area contributed by atoms with Crippen LogP contribution in [0.2, 0.25) is 5.02 Å². The number of carboxylic acid groups (broad SMARTS) is 1. The fourth-order valence-electron chi connectivity index (χ4n) is 8.24. The molecule has 4 amide bonds. The number of anilines is 2. The molecule has 0 radical (unpaired) electrons. The van der Waals surface area contributed by atoms with E-state index in [2.05, 4.69) is 31.9 Å². The average molecular weight is 817 g/mol. The molecule has 6 atom stereocenters. The van der Waals surface area contributed by atoms with Crippen LogP contribution in [0.15, 0.2) is 69.1 Å². The van der Waals surface area contributed by atoms with E-state index in [1.165, 1.54) is 43.5 Å². The molecule has 2 aliphatic carbocycles. The van der Waals surface area contributed by atoms with Gasteiger partial charge in [-0.15, -0.1) is 0 Å². The monoisotopic (exact) mass is 814 g/mol. The number of nitrogens with zero attached hydrogens (tertiary/aromatic N) is 2. The van der Waals surface area contributed by atoms with Crippen molar-refractivity contribution in [3.05, 3.63) is 91.1 Å². The van der Waals surface area contributed by atoms with Crippen molar-refractivity contribution < 1.29 is 43.3 Å². The Bertz CT molecular complexity index is 2070. The summed E-state index contributed by atoms with van der Waals surface area (Å²) in [5, 5.41) is 20.1. The first-order valence-electron chi connectivity index (χ1n) is 15.2. The number of amides is 4. The molecule has 0 aromatic heterocycles. The number of benzene rings is 3. The van der Waals surface area contributed by atoms with Crippen molar-refractivity contribution in [2.24, 2.45) is 29.1 Å². The van der Waals surface area contributed by atoms with E-state index in [-0.39, 0.29) is 50.8 Å². The maximum atomic E-state index is 14.7. The topological polar surface area (TPSA) is 142 Å². The number of methoxy groups -OCH3 is 1. The fraction of sp³-hybridized carbons (Fsp3) is 0.286. The van der Waals surface area contributed by atoms with Crippen molar-refractivity contribution in [1.29, 1.82) is 0 Å². The first-order chi connectivity index (χ1) is 23.2. The zero-order valence-electron chi connectivity index (χ0n) is 25.7. The van der Waals surface area contributed by atoms with Crippen molar-refractivity contribution in [2.75, 3.05) is 16.9 Å². The van der Waals surface area contributed by atoms with Crippen molar-refractivity contribution >= 4 is 84.4 Å². The molecule has 3 aromatic carbocycles. The van der Waals surface area contributed by atoms with Gasteiger partial charge in [0.05, 0.1) is 56.7 Å². The highest BCUT2D eigenvalue weighted by Crippen LogP contribution is 2.65. The van der Waals surface area contributed by atoms with Gasteiger partial charge in [-0.1, -0.05) is 29.3 Å². The molecular weight excluding hydrogens is 791 g/mol. The van der Waals surface area contributed by atoms with Crippen LogP contribution in [0.1, 0.15) is 41.6 Å². The molecule has 10 nitrogen and oxygen atoms in total. The minimum Gasteiger partial charge on any atom is -0.503 e. The number of aromatic carboxylic acids is 1. The van der Waals surface area contributed by atoms with Gasteiger partial charge in [0, 0.05) is 10.4 Å². The second kappa shape index (κ2) is 11.8. The third-order valence-electron chi connectivity index (χ3n) is 10.5. The number of carbonyl (C=O) groups is 5. The first kappa shape index (κ1) is 33.4. The van der Waals surface area contributed by atoms with Crippen LogP contribution in [0, 0.1) is 34.9 Å². The van der Waals surface area contributed by atoms with Gasteiger partial charge in [-0.3, -0.25) is 24.1 Å². The standard InChI is InChI=1S/C35H26Br2ClFN2O8/c1-35-21(31(44)41(34(35)48)16-6-9-23(39)22(38)11-16)12-19-17(26(35)20-13-24(49-2)29(42)28(37)27(20)36)7-8-18-25(19)32(45)40(30(18)43)15-5-3-4-14(10-15)33(46)47/h3-7,9-11,13,18-19,21,25-26,42H,8,12H2,1-2H3,(H,46,47)/t18-,19+,21-,25-,26+,35+/m0/s1. The van der Waals surface area contributed by atoms with Gasteiger partial charge >= 0.3 is 5.97 Å². The number of phenolic OH excluding ortho intramolecular Hbond substituents is 1. The molecule has 14 heteroatoms. The number of fused-ring (bicyclic) bond motifs is 4. The molecule has 4 aliphatic rings. The lowest BCUT2D eigenvalue weighted by molar-refractivity contribution is -0.131. The smallest absolute Gasteiger partial charge is 0.335 e. The lowest BCUT2D eigenvalue weighted by Gasteiger charge is -2.49. The zero-order chi connectivity index (χ0) is 35.3. The largest absolute Gasteiger partial charge is 0.503 e. The summed E-state index contributed by atoms with van der Waals surface area (Å²) < 4.78 is 20.3. The van der Waals surface area contributed by atoms with Gasteiger partial charge in [0.15, 0.2) is 11.5 Å². The van der Waals surface area contributed by atoms with Crippen LogP contribution in [-0.4, -0.2) is 46.9 Å². The van der Waals surface area contributed by atoms with Gasteiger partial charge in [0.2, 0.25) is 23.6 Å². The number of aromatic hydroxyl groups is 1. The summed E-state index contributed by atoms with van der Waals surface area (Å²) in [4.78, 5) is 71.0. The van der Waals surface area contributed by atoms with Crippen molar-refractivity contribution in [3.63, 3.8) is 0 Å². The van der Waals surface area contributed by atoms with E-state index in [1.54, 1.807) is 13.0 Å². The quantitative estimate of drug-likeness (QED) is 0.211. The van der Waals surface area contributed by atoms with Crippen LogP contribution in [-0.2, 0) is 19.2 Å². The summed E-state index contributed by atoms with van der Waals surface area (Å²) in [7, 11) is 1.37. The molecular formula is C35H26Br2ClFN2O8. The van der Waals surface area contributed by atoms with Crippen LogP contribution >= 0.6 is 43.5 Å². The molecule has 0 unspecified atom stereocenters. The molecule has 49 heavy (non-hydrogen) atoms. The highest BCUT2D eigenvalue weighted by atomic mass is 79.9. The molecule has 0 spiro atoms. The second-order valence-electron chi connectivity index (χ2n) is 12.8.